The number of benzene rings is 2. The minimum absolute atomic E-state index is 0.0177. The zero-order valence-corrected chi connectivity index (χ0v) is 18.6. The second-order valence-electron chi connectivity index (χ2n) is 8.82. The number of nitrogens with one attached hydrogen (secondary N) is 1. The average molecular weight is 422 g/mol. The van der Waals surface area contributed by atoms with Crippen molar-refractivity contribution in [1.29, 1.82) is 0 Å². The van der Waals surface area contributed by atoms with E-state index in [9.17, 15) is 4.79 Å². The van der Waals surface area contributed by atoms with Crippen molar-refractivity contribution >= 4 is 11.8 Å². The van der Waals surface area contributed by atoms with E-state index in [0.717, 1.165) is 17.0 Å². The molecule has 164 valence electrons. The molecule has 4 rings (SSSR count). The summed E-state index contributed by atoms with van der Waals surface area (Å²) in [7, 11) is 1.67. The molecule has 1 fully saturated rings. The van der Waals surface area contributed by atoms with Crippen molar-refractivity contribution in [3.63, 3.8) is 0 Å². The van der Waals surface area contributed by atoms with Gasteiger partial charge in [-0.1, -0.05) is 55.8 Å². The Kier molecular flexibility index (Phi) is 6.05. The standard InChI is InChI=1S/C26H31NO4/c1-17-14-18(2)26(16-31-25(28)27-21-8-6-5-7-9-21)15-30-24(23(17)19(26)3)20-10-12-22(29-4)13-11-20/h5-14,18-19,23-24H,15-16H2,1-4H3,(H,27,28). The molecule has 0 radical (unpaired) electrons. The fourth-order valence-corrected chi connectivity index (χ4v) is 5.23. The van der Waals surface area contributed by atoms with Gasteiger partial charge in [-0.05, 0) is 48.6 Å². The van der Waals surface area contributed by atoms with Crippen LogP contribution < -0.4 is 10.1 Å². The molecule has 1 amide bonds. The van der Waals surface area contributed by atoms with E-state index in [-0.39, 0.29) is 23.4 Å². The maximum absolute atomic E-state index is 12.4. The van der Waals surface area contributed by atoms with E-state index in [2.05, 4.69) is 44.3 Å². The van der Waals surface area contributed by atoms with Crippen LogP contribution >= 0.6 is 0 Å². The van der Waals surface area contributed by atoms with Crippen LogP contribution in [0.25, 0.3) is 0 Å². The predicted molar refractivity (Wildman–Crippen MR) is 121 cm³/mol. The summed E-state index contributed by atoms with van der Waals surface area (Å²) in [5.41, 5.74) is 2.96. The van der Waals surface area contributed by atoms with Crippen molar-refractivity contribution in [2.45, 2.75) is 26.9 Å². The highest BCUT2D eigenvalue weighted by atomic mass is 16.6. The van der Waals surface area contributed by atoms with Gasteiger partial charge in [0.15, 0.2) is 0 Å². The number of rotatable bonds is 5. The number of ether oxygens (including phenoxy) is 3. The highest BCUT2D eigenvalue weighted by Gasteiger charge is 2.54. The summed E-state index contributed by atoms with van der Waals surface area (Å²) in [4.78, 5) is 12.4. The van der Waals surface area contributed by atoms with Crippen LogP contribution in [0, 0.1) is 23.2 Å². The molecule has 5 heteroatoms. The molecule has 2 aromatic rings. The third kappa shape index (κ3) is 4.07. The summed E-state index contributed by atoms with van der Waals surface area (Å²) in [5, 5.41) is 2.81. The Morgan fingerprint density at radius 2 is 1.84 bits per heavy atom. The molecule has 2 aromatic carbocycles. The second kappa shape index (κ2) is 8.75. The van der Waals surface area contributed by atoms with Crippen molar-refractivity contribution in [2.75, 3.05) is 25.6 Å². The molecular formula is C26H31NO4. The molecule has 5 nitrogen and oxygen atoms in total. The summed E-state index contributed by atoms with van der Waals surface area (Å²) >= 11 is 0. The Labute approximate surface area is 184 Å². The maximum Gasteiger partial charge on any atom is 0.411 e. The highest BCUT2D eigenvalue weighted by molar-refractivity contribution is 5.84. The van der Waals surface area contributed by atoms with Crippen LogP contribution in [0.4, 0.5) is 10.5 Å². The molecule has 1 N–H and O–H groups in total. The van der Waals surface area contributed by atoms with Crippen molar-refractivity contribution in [3.05, 3.63) is 71.8 Å². The third-order valence-electron chi connectivity index (χ3n) is 7.19. The number of methoxy groups -OCH3 is 1. The zero-order valence-electron chi connectivity index (χ0n) is 18.6. The van der Waals surface area contributed by atoms with E-state index in [1.807, 2.05) is 42.5 Å². The van der Waals surface area contributed by atoms with E-state index in [4.69, 9.17) is 14.2 Å². The third-order valence-corrected chi connectivity index (χ3v) is 7.19. The van der Waals surface area contributed by atoms with Gasteiger partial charge in [0, 0.05) is 17.0 Å². The maximum atomic E-state index is 12.4. The molecule has 1 heterocycles. The Hall–Kier alpha value is -2.79. The van der Waals surface area contributed by atoms with E-state index >= 15 is 0 Å². The van der Waals surface area contributed by atoms with Crippen LogP contribution in [0.5, 0.6) is 5.75 Å². The van der Waals surface area contributed by atoms with E-state index in [1.54, 1.807) is 7.11 Å². The van der Waals surface area contributed by atoms with Gasteiger partial charge in [0.2, 0.25) is 0 Å². The molecule has 1 aliphatic carbocycles. The van der Waals surface area contributed by atoms with Crippen molar-refractivity contribution in [2.24, 2.45) is 23.2 Å². The topological polar surface area (TPSA) is 56.8 Å². The number of fused-ring (bicyclic) bond motifs is 2. The van der Waals surface area contributed by atoms with Gasteiger partial charge in [-0.3, -0.25) is 5.32 Å². The van der Waals surface area contributed by atoms with E-state index in [1.165, 1.54) is 5.57 Å². The Morgan fingerprint density at radius 1 is 1.13 bits per heavy atom. The van der Waals surface area contributed by atoms with Gasteiger partial charge in [-0.25, -0.2) is 4.79 Å². The number of amides is 1. The molecule has 0 saturated carbocycles. The minimum Gasteiger partial charge on any atom is -0.497 e. The smallest absolute Gasteiger partial charge is 0.411 e. The van der Waals surface area contributed by atoms with Crippen LogP contribution in [0.1, 0.15) is 32.4 Å². The number of hydrogen-bond acceptors (Lipinski definition) is 4. The highest BCUT2D eigenvalue weighted by Crippen LogP contribution is 2.56. The quantitative estimate of drug-likeness (QED) is 0.615. The minimum atomic E-state index is -0.430. The number of anilines is 1. The fraction of sp³-hybridized carbons (Fsp3) is 0.423. The van der Waals surface area contributed by atoms with Gasteiger partial charge in [0.1, 0.15) is 12.4 Å². The molecule has 5 unspecified atom stereocenters. The van der Waals surface area contributed by atoms with Gasteiger partial charge in [0.05, 0.1) is 19.8 Å². The van der Waals surface area contributed by atoms with Crippen LogP contribution in [0.15, 0.2) is 66.2 Å². The number of carbonyl (C=O) groups excluding carboxylic acids is 1. The summed E-state index contributed by atoms with van der Waals surface area (Å²) in [6, 6.07) is 17.5. The molecule has 2 bridgehead atoms. The molecule has 0 aromatic heterocycles. The predicted octanol–water partition coefficient (Wildman–Crippen LogP) is 5.85. The van der Waals surface area contributed by atoms with Gasteiger partial charge >= 0.3 is 6.09 Å². The first-order valence-electron chi connectivity index (χ1n) is 10.9. The monoisotopic (exact) mass is 421 g/mol. The Bertz CT molecular complexity index is 940. The fourth-order valence-electron chi connectivity index (χ4n) is 5.23. The number of para-hydroxylation sites is 1. The second-order valence-corrected chi connectivity index (χ2v) is 8.82. The van der Waals surface area contributed by atoms with Crippen LogP contribution in [-0.2, 0) is 9.47 Å². The SMILES string of the molecule is COc1ccc(C2OCC3(COC(=O)Nc4ccccc4)C(C)C=C(C)C2C3C)cc1. The molecule has 0 spiro atoms. The molecular weight excluding hydrogens is 390 g/mol. The Balaban J connectivity index is 1.51. The first-order chi connectivity index (χ1) is 14.9. The van der Waals surface area contributed by atoms with Crippen LogP contribution in [0.3, 0.4) is 0 Å². The molecule has 1 saturated heterocycles. The lowest BCUT2D eigenvalue weighted by molar-refractivity contribution is -0.165. The first kappa shape index (κ1) is 21.4. The number of hydrogen-bond donors (Lipinski definition) is 1. The lowest BCUT2D eigenvalue weighted by Crippen LogP contribution is -2.54. The lowest BCUT2D eigenvalue weighted by Gasteiger charge is -2.55. The van der Waals surface area contributed by atoms with Crippen LogP contribution in [-0.4, -0.2) is 26.4 Å². The molecule has 31 heavy (non-hydrogen) atoms. The van der Waals surface area contributed by atoms with Gasteiger partial charge in [0.25, 0.3) is 0 Å². The molecule has 2 aliphatic rings. The van der Waals surface area contributed by atoms with Crippen LogP contribution in [0.2, 0.25) is 0 Å². The summed E-state index contributed by atoms with van der Waals surface area (Å²) < 4.78 is 17.5. The normalized spacial score (nSPS) is 29.6. The summed E-state index contributed by atoms with van der Waals surface area (Å²) in [5.74, 6) is 1.63. The zero-order chi connectivity index (χ0) is 22.0. The summed E-state index contributed by atoms with van der Waals surface area (Å²) in [6.45, 7) is 7.53. The Morgan fingerprint density at radius 3 is 2.52 bits per heavy atom. The van der Waals surface area contributed by atoms with Crippen molar-refractivity contribution in [3.8, 4) is 5.75 Å². The van der Waals surface area contributed by atoms with Gasteiger partial charge < -0.3 is 14.2 Å². The molecule has 1 aliphatic heterocycles. The van der Waals surface area contributed by atoms with E-state index < -0.39 is 6.09 Å². The summed E-state index contributed by atoms with van der Waals surface area (Å²) in [6.07, 6.45) is 1.89. The van der Waals surface area contributed by atoms with Crippen molar-refractivity contribution in [1.82, 2.24) is 0 Å². The average Bonchev–Trinajstić information content (AvgIpc) is 2.77. The number of carbonyl (C=O) groups is 1. The van der Waals surface area contributed by atoms with Gasteiger partial charge in [-0.15, -0.1) is 0 Å². The van der Waals surface area contributed by atoms with Crippen molar-refractivity contribution < 1.29 is 19.0 Å². The largest absolute Gasteiger partial charge is 0.497 e. The van der Waals surface area contributed by atoms with E-state index in [0.29, 0.717) is 19.1 Å². The number of allylic oxidation sites excluding steroid dienone is 1. The first-order valence-corrected chi connectivity index (χ1v) is 10.9. The lowest BCUT2D eigenvalue weighted by atomic mass is 9.56. The van der Waals surface area contributed by atoms with Gasteiger partial charge in [-0.2, -0.15) is 0 Å². The molecule has 5 atom stereocenters.